The van der Waals surface area contributed by atoms with Gasteiger partial charge in [-0.15, -0.1) is 0 Å². The first-order chi connectivity index (χ1) is 14.2. The molecule has 2 heterocycles. The summed E-state index contributed by atoms with van der Waals surface area (Å²) in [6, 6.07) is 16.3. The van der Waals surface area contributed by atoms with Crippen molar-refractivity contribution in [2.24, 2.45) is 0 Å². The van der Waals surface area contributed by atoms with Crippen LogP contribution in [0.1, 0.15) is 36.5 Å². The molecule has 0 unspecified atom stereocenters. The predicted molar refractivity (Wildman–Crippen MR) is 120 cm³/mol. The van der Waals surface area contributed by atoms with Crippen LogP contribution >= 0.6 is 11.8 Å². The number of amides is 2. The molecular formula is C24H26N2O2S. The third kappa shape index (κ3) is 4.40. The highest BCUT2D eigenvalue weighted by Crippen LogP contribution is 2.34. The molecule has 4 nitrogen and oxygen atoms in total. The minimum absolute atomic E-state index is 0.177. The third-order valence-corrected chi connectivity index (χ3v) is 6.36. The molecule has 5 heteroatoms. The minimum Gasteiger partial charge on any atom is -0.371 e. The minimum atomic E-state index is -0.179. The molecule has 29 heavy (non-hydrogen) atoms. The molecule has 0 bridgehead atoms. The number of anilines is 1. The van der Waals surface area contributed by atoms with Crippen LogP contribution in [0, 0.1) is 0 Å². The van der Waals surface area contributed by atoms with Crippen molar-refractivity contribution in [2.45, 2.75) is 32.6 Å². The molecule has 0 aromatic heterocycles. The van der Waals surface area contributed by atoms with Gasteiger partial charge in [-0.2, -0.15) is 0 Å². The molecule has 2 aromatic rings. The van der Waals surface area contributed by atoms with Crippen molar-refractivity contribution in [1.29, 1.82) is 0 Å². The molecule has 2 amide bonds. The first kappa shape index (κ1) is 19.8. The maximum atomic E-state index is 12.8. The van der Waals surface area contributed by atoms with Crippen molar-refractivity contribution in [3.63, 3.8) is 0 Å². The number of thioether (sulfide) groups is 1. The van der Waals surface area contributed by atoms with E-state index >= 15 is 0 Å². The molecule has 0 aliphatic carbocycles. The van der Waals surface area contributed by atoms with Gasteiger partial charge in [0.2, 0.25) is 0 Å². The van der Waals surface area contributed by atoms with Crippen molar-refractivity contribution in [2.75, 3.05) is 24.5 Å². The predicted octanol–water partition coefficient (Wildman–Crippen LogP) is 5.13. The van der Waals surface area contributed by atoms with E-state index in [9.17, 15) is 9.59 Å². The van der Waals surface area contributed by atoms with Gasteiger partial charge >= 0.3 is 0 Å². The van der Waals surface area contributed by atoms with Crippen LogP contribution < -0.4 is 4.90 Å². The normalized spacial score (nSPS) is 17.9. The lowest BCUT2D eigenvalue weighted by Crippen LogP contribution is -2.30. The quantitative estimate of drug-likeness (QED) is 0.624. The molecule has 2 aromatic carbocycles. The molecule has 2 aliphatic heterocycles. The molecule has 150 valence electrons. The van der Waals surface area contributed by atoms with Crippen molar-refractivity contribution in [3.8, 4) is 0 Å². The summed E-state index contributed by atoms with van der Waals surface area (Å²) in [5.41, 5.74) is 4.77. The van der Waals surface area contributed by atoms with Gasteiger partial charge in [0, 0.05) is 25.3 Å². The highest BCUT2D eigenvalue weighted by molar-refractivity contribution is 8.18. The van der Waals surface area contributed by atoms with Gasteiger partial charge in [-0.25, -0.2) is 0 Å². The molecule has 4 rings (SSSR count). The van der Waals surface area contributed by atoms with Crippen LogP contribution in [0.5, 0.6) is 0 Å². The van der Waals surface area contributed by atoms with Crippen molar-refractivity contribution >= 4 is 34.7 Å². The van der Waals surface area contributed by atoms with E-state index in [4.69, 9.17) is 0 Å². The number of hydrogen-bond acceptors (Lipinski definition) is 4. The second-order valence-electron chi connectivity index (χ2n) is 7.55. The number of nitrogens with zero attached hydrogens (tertiary/aromatic N) is 2. The number of aryl methyl sites for hydroxylation is 1. The number of fused-ring (bicyclic) bond motifs is 1. The first-order valence-electron chi connectivity index (χ1n) is 10.3. The summed E-state index contributed by atoms with van der Waals surface area (Å²) < 4.78 is 0. The first-order valence-corrected chi connectivity index (χ1v) is 11.1. The van der Waals surface area contributed by atoms with E-state index in [0.29, 0.717) is 17.9 Å². The van der Waals surface area contributed by atoms with E-state index in [0.717, 1.165) is 55.2 Å². The van der Waals surface area contributed by atoms with E-state index in [2.05, 4.69) is 30.0 Å². The van der Waals surface area contributed by atoms with Gasteiger partial charge in [0.1, 0.15) is 0 Å². The molecule has 1 saturated heterocycles. The second kappa shape index (κ2) is 8.87. The largest absolute Gasteiger partial charge is 0.371 e. The van der Waals surface area contributed by atoms with Crippen molar-refractivity contribution in [3.05, 3.63) is 70.1 Å². The van der Waals surface area contributed by atoms with Gasteiger partial charge in [0.05, 0.1) is 4.91 Å². The Morgan fingerprint density at radius 2 is 1.90 bits per heavy atom. The van der Waals surface area contributed by atoms with Crippen LogP contribution in [0.4, 0.5) is 10.5 Å². The van der Waals surface area contributed by atoms with Crippen LogP contribution in [0.15, 0.2) is 53.4 Å². The Labute approximate surface area is 176 Å². The number of benzene rings is 2. The lowest BCUT2D eigenvalue weighted by atomic mass is 9.99. The lowest BCUT2D eigenvalue weighted by molar-refractivity contribution is -0.122. The summed E-state index contributed by atoms with van der Waals surface area (Å²) in [6.45, 7) is 4.81. The van der Waals surface area contributed by atoms with E-state index in [1.165, 1.54) is 16.2 Å². The maximum absolute atomic E-state index is 12.8. The highest BCUT2D eigenvalue weighted by atomic mass is 32.2. The van der Waals surface area contributed by atoms with Crippen molar-refractivity contribution < 1.29 is 9.59 Å². The fourth-order valence-corrected chi connectivity index (χ4v) is 4.88. The number of carbonyl (C=O) groups excluding carboxylic acids is 2. The van der Waals surface area contributed by atoms with Gasteiger partial charge in [-0.3, -0.25) is 14.5 Å². The summed E-state index contributed by atoms with van der Waals surface area (Å²) in [5.74, 6) is -0.179. The van der Waals surface area contributed by atoms with E-state index in [1.54, 1.807) is 0 Å². The van der Waals surface area contributed by atoms with Gasteiger partial charge in [-0.1, -0.05) is 43.3 Å². The van der Waals surface area contributed by atoms with E-state index in [-0.39, 0.29) is 11.1 Å². The van der Waals surface area contributed by atoms with Gasteiger partial charge < -0.3 is 4.90 Å². The van der Waals surface area contributed by atoms with E-state index < -0.39 is 0 Å². The molecular weight excluding hydrogens is 380 g/mol. The van der Waals surface area contributed by atoms with Gasteiger partial charge in [0.15, 0.2) is 0 Å². The summed E-state index contributed by atoms with van der Waals surface area (Å²) in [7, 11) is 0. The Morgan fingerprint density at radius 1 is 1.07 bits per heavy atom. The topological polar surface area (TPSA) is 40.6 Å². The summed E-state index contributed by atoms with van der Waals surface area (Å²) >= 11 is 1.05. The zero-order chi connectivity index (χ0) is 20.2. The molecule has 2 aliphatic rings. The molecule has 0 radical (unpaired) electrons. The molecule has 1 fully saturated rings. The maximum Gasteiger partial charge on any atom is 0.293 e. The Kier molecular flexibility index (Phi) is 6.05. The Balaban J connectivity index is 1.48. The summed E-state index contributed by atoms with van der Waals surface area (Å²) in [4.78, 5) is 29.5. The molecule has 0 saturated carbocycles. The Morgan fingerprint density at radius 3 is 2.69 bits per heavy atom. The smallest absolute Gasteiger partial charge is 0.293 e. The average Bonchev–Trinajstić information content (AvgIpc) is 3.00. The molecule has 0 atom stereocenters. The zero-order valence-corrected chi connectivity index (χ0v) is 17.6. The Hall–Kier alpha value is -2.53. The van der Waals surface area contributed by atoms with Gasteiger partial charge in [-0.05, 0) is 72.3 Å². The van der Waals surface area contributed by atoms with Crippen LogP contribution in [0.25, 0.3) is 6.08 Å². The van der Waals surface area contributed by atoms with Crippen LogP contribution in [-0.2, 0) is 17.6 Å². The Bertz CT molecular complexity index is 939. The summed E-state index contributed by atoms with van der Waals surface area (Å²) in [6.07, 6.45) is 5.91. The highest BCUT2D eigenvalue weighted by Gasteiger charge is 2.34. The third-order valence-electron chi connectivity index (χ3n) is 5.45. The molecule has 0 spiro atoms. The van der Waals surface area contributed by atoms with Crippen molar-refractivity contribution in [1.82, 2.24) is 4.90 Å². The SMILES string of the molecule is CCCN1CCCc2cc(C=C3SC(=O)N(CCc4ccccc4)C3=O)ccc21. The fourth-order valence-electron chi connectivity index (χ4n) is 4.02. The number of carbonyl (C=O) groups is 2. The number of rotatable bonds is 6. The van der Waals surface area contributed by atoms with E-state index in [1.807, 2.05) is 36.4 Å². The summed E-state index contributed by atoms with van der Waals surface area (Å²) in [5, 5.41) is -0.177. The lowest BCUT2D eigenvalue weighted by Gasteiger charge is -2.31. The number of imide groups is 1. The standard InChI is InChI=1S/C24H26N2O2S/c1-2-13-25-14-6-9-20-16-19(10-11-21(20)25)17-22-23(27)26(24(28)29-22)15-12-18-7-4-3-5-8-18/h3-5,7-8,10-11,16-17H,2,6,9,12-15H2,1H3. The zero-order valence-electron chi connectivity index (χ0n) is 16.8. The van der Waals surface area contributed by atoms with Gasteiger partial charge in [0.25, 0.3) is 11.1 Å². The monoisotopic (exact) mass is 406 g/mol. The fraction of sp³-hybridized carbons (Fsp3) is 0.333. The van der Waals surface area contributed by atoms with Crippen LogP contribution in [0.2, 0.25) is 0 Å². The van der Waals surface area contributed by atoms with Crippen LogP contribution in [-0.4, -0.2) is 35.7 Å². The second-order valence-corrected chi connectivity index (χ2v) is 8.54. The average molecular weight is 407 g/mol. The van der Waals surface area contributed by atoms with Crippen LogP contribution in [0.3, 0.4) is 0 Å². The molecule has 0 N–H and O–H groups in total. The number of hydrogen-bond donors (Lipinski definition) is 0.